The van der Waals surface area contributed by atoms with Gasteiger partial charge in [-0.15, -0.1) is 0 Å². The largest absolute Gasteiger partial charge is 0.399 e. The van der Waals surface area contributed by atoms with Crippen molar-refractivity contribution in [3.63, 3.8) is 0 Å². The molecule has 4 heterocycles. The van der Waals surface area contributed by atoms with Crippen LogP contribution in [-0.2, 0) is 4.84 Å². The van der Waals surface area contributed by atoms with Gasteiger partial charge in [-0.3, -0.25) is 14.0 Å². The Labute approximate surface area is 167 Å². The zero-order valence-electron chi connectivity index (χ0n) is 15.6. The van der Waals surface area contributed by atoms with Crippen LogP contribution in [0, 0.1) is 5.82 Å². The smallest absolute Gasteiger partial charge is 0.271 e. The van der Waals surface area contributed by atoms with E-state index in [4.69, 9.17) is 4.84 Å². The SMILES string of the molecule is CON=C1CN(c2cc3c(cc2F)c(=O)c2c(=O)[nH]sc2n3C2CC2)CC12CN2. The molecular weight excluding hydrogens is 397 g/mol. The van der Waals surface area contributed by atoms with Crippen molar-refractivity contribution in [2.24, 2.45) is 5.16 Å². The molecule has 1 atom stereocenters. The maximum atomic E-state index is 15.1. The third-order valence-corrected chi connectivity index (χ3v) is 6.99. The number of H-pyrrole nitrogens is 1. The van der Waals surface area contributed by atoms with E-state index in [0.717, 1.165) is 25.1 Å². The van der Waals surface area contributed by atoms with E-state index in [1.165, 1.54) is 24.7 Å². The van der Waals surface area contributed by atoms with Crippen molar-refractivity contribution >= 4 is 44.1 Å². The van der Waals surface area contributed by atoms with E-state index in [1.807, 2.05) is 9.47 Å². The number of pyridine rings is 1. The molecule has 3 fully saturated rings. The first kappa shape index (κ1) is 17.2. The molecule has 1 saturated carbocycles. The number of benzene rings is 1. The molecule has 8 nitrogen and oxygen atoms in total. The first-order valence-corrected chi connectivity index (χ1v) is 10.3. The van der Waals surface area contributed by atoms with Gasteiger partial charge in [-0.05, 0) is 36.5 Å². The Morgan fingerprint density at radius 1 is 1.34 bits per heavy atom. The lowest BCUT2D eigenvalue weighted by Crippen LogP contribution is -2.27. The van der Waals surface area contributed by atoms with Gasteiger partial charge in [0, 0.05) is 24.5 Å². The Kier molecular flexibility index (Phi) is 3.35. The fourth-order valence-corrected chi connectivity index (χ4v) is 5.33. The number of anilines is 1. The number of aromatic amines is 1. The average Bonchev–Trinajstić information content (AvgIpc) is 3.59. The number of nitrogens with zero attached hydrogens (tertiary/aromatic N) is 3. The van der Waals surface area contributed by atoms with Crippen LogP contribution >= 0.6 is 11.5 Å². The summed E-state index contributed by atoms with van der Waals surface area (Å²) < 4.78 is 19.8. The van der Waals surface area contributed by atoms with Gasteiger partial charge in [0.2, 0.25) is 5.43 Å². The lowest BCUT2D eigenvalue weighted by molar-refractivity contribution is 0.212. The van der Waals surface area contributed by atoms with E-state index in [2.05, 4.69) is 14.8 Å². The Hall–Kier alpha value is -2.72. The van der Waals surface area contributed by atoms with Gasteiger partial charge in [0.05, 0.1) is 29.0 Å². The van der Waals surface area contributed by atoms with Crippen LogP contribution in [0.2, 0.25) is 0 Å². The van der Waals surface area contributed by atoms with E-state index in [0.29, 0.717) is 29.1 Å². The monoisotopic (exact) mass is 415 g/mol. The molecule has 1 unspecified atom stereocenters. The zero-order valence-corrected chi connectivity index (χ0v) is 16.4. The predicted octanol–water partition coefficient (Wildman–Crippen LogP) is 1.54. The van der Waals surface area contributed by atoms with Crippen molar-refractivity contribution < 1.29 is 9.23 Å². The molecule has 2 aliphatic heterocycles. The lowest BCUT2D eigenvalue weighted by Gasteiger charge is -2.20. The Morgan fingerprint density at radius 2 is 2.14 bits per heavy atom. The molecule has 0 radical (unpaired) electrons. The van der Waals surface area contributed by atoms with Gasteiger partial charge in [-0.1, -0.05) is 5.16 Å². The summed E-state index contributed by atoms with van der Waals surface area (Å²) in [6, 6.07) is 3.26. The van der Waals surface area contributed by atoms with Crippen LogP contribution in [0.5, 0.6) is 0 Å². The minimum Gasteiger partial charge on any atom is -0.399 e. The summed E-state index contributed by atoms with van der Waals surface area (Å²) >= 11 is 1.17. The highest BCUT2D eigenvalue weighted by atomic mass is 32.1. The summed E-state index contributed by atoms with van der Waals surface area (Å²) in [5, 5.41) is 7.80. The minimum atomic E-state index is -0.475. The second-order valence-corrected chi connectivity index (χ2v) is 8.77. The number of hydrogen-bond acceptors (Lipinski definition) is 7. The fourth-order valence-electron chi connectivity index (χ4n) is 4.40. The van der Waals surface area contributed by atoms with Gasteiger partial charge in [-0.25, -0.2) is 4.39 Å². The molecule has 0 bridgehead atoms. The highest BCUT2D eigenvalue weighted by molar-refractivity contribution is 7.12. The van der Waals surface area contributed by atoms with Crippen molar-refractivity contribution in [2.75, 3.05) is 31.6 Å². The summed E-state index contributed by atoms with van der Waals surface area (Å²) in [7, 11) is 1.50. The molecule has 29 heavy (non-hydrogen) atoms. The van der Waals surface area contributed by atoms with E-state index in [9.17, 15) is 9.59 Å². The van der Waals surface area contributed by atoms with Crippen LogP contribution in [0.1, 0.15) is 18.9 Å². The number of halogens is 1. The van der Waals surface area contributed by atoms with Gasteiger partial charge in [-0.2, -0.15) is 0 Å². The molecule has 2 N–H and O–H groups in total. The van der Waals surface area contributed by atoms with Gasteiger partial charge in [0.15, 0.2) is 0 Å². The normalized spacial score (nSPS) is 25.0. The van der Waals surface area contributed by atoms with E-state index >= 15 is 4.39 Å². The van der Waals surface area contributed by atoms with Crippen molar-refractivity contribution in [2.45, 2.75) is 24.4 Å². The van der Waals surface area contributed by atoms with Crippen molar-refractivity contribution in [3.8, 4) is 0 Å². The Morgan fingerprint density at radius 3 is 2.83 bits per heavy atom. The molecule has 10 heteroatoms. The van der Waals surface area contributed by atoms with Crippen LogP contribution in [0.25, 0.3) is 21.1 Å². The second kappa shape index (κ2) is 5.67. The van der Waals surface area contributed by atoms with Crippen LogP contribution in [0.15, 0.2) is 26.9 Å². The molecule has 1 aromatic carbocycles. The summed E-state index contributed by atoms with van der Waals surface area (Å²) in [6.07, 6.45) is 1.96. The first-order chi connectivity index (χ1) is 14.0. The summed E-state index contributed by atoms with van der Waals surface area (Å²) in [5.74, 6) is -0.475. The molecule has 3 aliphatic rings. The third kappa shape index (κ3) is 2.35. The van der Waals surface area contributed by atoms with Crippen LogP contribution < -0.4 is 21.2 Å². The quantitative estimate of drug-likeness (QED) is 0.499. The van der Waals surface area contributed by atoms with E-state index < -0.39 is 16.8 Å². The molecule has 0 amide bonds. The number of oxime groups is 1. The maximum absolute atomic E-state index is 15.1. The van der Waals surface area contributed by atoms with Crippen LogP contribution in [-0.4, -0.2) is 46.9 Å². The lowest BCUT2D eigenvalue weighted by atomic mass is 10.1. The summed E-state index contributed by atoms with van der Waals surface area (Å²) in [5.41, 5.74) is 0.881. The number of aromatic nitrogens is 2. The van der Waals surface area contributed by atoms with E-state index in [-0.39, 0.29) is 22.4 Å². The number of nitrogens with one attached hydrogen (secondary N) is 2. The standard InChI is InChI=1S/C19H18FN5O3S/c1-28-22-14-6-24(8-19(14)7-21-19)13-5-12-10(4-11(13)20)16(26)15-17(27)23-29-18(15)25(12)9-2-3-9/h4-5,9,21H,2-3,6-8H2,1H3,(H,23,27). The average molecular weight is 415 g/mol. The van der Waals surface area contributed by atoms with Crippen molar-refractivity contribution in [3.05, 3.63) is 38.5 Å². The highest BCUT2D eigenvalue weighted by Crippen LogP contribution is 2.41. The van der Waals surface area contributed by atoms with Crippen molar-refractivity contribution in [1.29, 1.82) is 0 Å². The molecule has 2 saturated heterocycles. The summed E-state index contributed by atoms with van der Waals surface area (Å²) in [4.78, 5) is 32.7. The van der Waals surface area contributed by atoms with Crippen LogP contribution in [0.3, 0.4) is 0 Å². The Balaban J connectivity index is 1.59. The molecule has 6 rings (SSSR count). The molecule has 150 valence electrons. The van der Waals surface area contributed by atoms with Gasteiger partial charge in [0.1, 0.15) is 23.1 Å². The minimum absolute atomic E-state index is 0.123. The van der Waals surface area contributed by atoms with Crippen molar-refractivity contribution in [1.82, 2.24) is 14.3 Å². The zero-order chi connectivity index (χ0) is 19.9. The fraction of sp³-hybridized carbons (Fsp3) is 0.421. The molecular formula is C19H18FN5O3S. The molecule has 2 aromatic heterocycles. The molecule has 1 spiro atoms. The van der Waals surface area contributed by atoms with E-state index in [1.54, 1.807) is 6.07 Å². The maximum Gasteiger partial charge on any atom is 0.271 e. The van der Waals surface area contributed by atoms with Gasteiger partial charge < -0.3 is 19.6 Å². The van der Waals surface area contributed by atoms with Gasteiger partial charge >= 0.3 is 0 Å². The third-order valence-electron chi connectivity index (χ3n) is 6.11. The van der Waals surface area contributed by atoms with Gasteiger partial charge in [0.25, 0.3) is 5.56 Å². The highest BCUT2D eigenvalue weighted by Gasteiger charge is 2.54. The van der Waals surface area contributed by atoms with Crippen LogP contribution in [0.4, 0.5) is 10.1 Å². The number of hydrogen-bond donors (Lipinski definition) is 2. The number of fused-ring (bicyclic) bond motifs is 2. The topological polar surface area (TPSA) is 102 Å². The molecule has 1 aliphatic carbocycles. The first-order valence-electron chi connectivity index (χ1n) is 9.52. The second-order valence-electron chi connectivity index (χ2n) is 7.98. The number of rotatable bonds is 3. The molecule has 3 aromatic rings. The summed E-state index contributed by atoms with van der Waals surface area (Å²) in [6.45, 7) is 1.83. The predicted molar refractivity (Wildman–Crippen MR) is 110 cm³/mol. The Bertz CT molecular complexity index is 1330.